The van der Waals surface area contributed by atoms with Gasteiger partial charge in [0.15, 0.2) is 0 Å². The fourth-order valence-electron chi connectivity index (χ4n) is 2.86. The van der Waals surface area contributed by atoms with Crippen molar-refractivity contribution in [3.8, 4) is 0 Å². The number of halogens is 1. The van der Waals surface area contributed by atoms with E-state index in [4.69, 9.17) is 5.73 Å². The summed E-state index contributed by atoms with van der Waals surface area (Å²) in [5.41, 5.74) is 6.71. The van der Waals surface area contributed by atoms with Gasteiger partial charge in [-0.3, -0.25) is 9.59 Å². The van der Waals surface area contributed by atoms with Gasteiger partial charge >= 0.3 is 0 Å². The molecule has 2 aliphatic rings. The Bertz CT molecular complexity index is 558. The minimum absolute atomic E-state index is 0.0910. The standard InChI is InChI=1S/C13H13BrN2O2/c1-13(2)9-10(13)12(18)16(11(9)17)6-3-4-8(15)7(14)5-6/h3-5,9-10H,15H2,1-2H3. The van der Waals surface area contributed by atoms with Crippen molar-refractivity contribution in [3.05, 3.63) is 22.7 Å². The zero-order valence-electron chi connectivity index (χ0n) is 10.1. The molecule has 2 unspecified atom stereocenters. The summed E-state index contributed by atoms with van der Waals surface area (Å²) >= 11 is 3.31. The molecule has 0 bridgehead atoms. The third-order valence-corrected chi connectivity index (χ3v) is 4.73. The number of carbonyl (C=O) groups excluding carboxylic acids is 2. The number of anilines is 2. The fraction of sp³-hybridized carbons (Fsp3) is 0.385. The molecule has 2 N–H and O–H groups in total. The summed E-state index contributed by atoms with van der Waals surface area (Å²) in [7, 11) is 0. The van der Waals surface area contributed by atoms with E-state index in [1.165, 1.54) is 4.90 Å². The van der Waals surface area contributed by atoms with Crippen LogP contribution in [0.2, 0.25) is 0 Å². The molecule has 94 valence electrons. The third kappa shape index (κ3) is 1.31. The Hall–Kier alpha value is -1.36. The lowest BCUT2D eigenvalue weighted by Crippen LogP contribution is -2.36. The number of nitrogens with two attached hydrogens (primary N) is 1. The second-order valence-electron chi connectivity index (χ2n) is 5.49. The van der Waals surface area contributed by atoms with Crippen LogP contribution in [0, 0.1) is 17.3 Å². The van der Waals surface area contributed by atoms with E-state index in [1.807, 2.05) is 13.8 Å². The Balaban J connectivity index is 1.98. The number of piperidine rings is 1. The summed E-state index contributed by atoms with van der Waals surface area (Å²) in [6.45, 7) is 3.93. The number of nitrogen functional groups attached to an aromatic ring is 1. The highest BCUT2D eigenvalue weighted by Gasteiger charge is 2.72. The smallest absolute Gasteiger partial charge is 0.238 e. The number of hydrogen-bond acceptors (Lipinski definition) is 3. The Morgan fingerprint density at radius 3 is 2.28 bits per heavy atom. The van der Waals surface area contributed by atoms with Gasteiger partial charge in [-0.25, -0.2) is 4.90 Å². The van der Waals surface area contributed by atoms with Crippen LogP contribution in [-0.4, -0.2) is 11.8 Å². The Kier molecular flexibility index (Phi) is 2.18. The van der Waals surface area contributed by atoms with Gasteiger partial charge < -0.3 is 5.73 Å². The number of hydrogen-bond donors (Lipinski definition) is 1. The molecule has 1 aliphatic carbocycles. The molecule has 1 saturated heterocycles. The van der Waals surface area contributed by atoms with E-state index >= 15 is 0 Å². The summed E-state index contributed by atoms with van der Waals surface area (Å²) in [6.07, 6.45) is 0. The number of benzene rings is 1. The van der Waals surface area contributed by atoms with Crippen LogP contribution in [0.25, 0.3) is 0 Å². The molecule has 0 aromatic heterocycles. The Labute approximate surface area is 113 Å². The summed E-state index contributed by atoms with van der Waals surface area (Å²) < 4.78 is 0.695. The van der Waals surface area contributed by atoms with E-state index in [0.717, 1.165) is 0 Å². The molecule has 0 spiro atoms. The van der Waals surface area contributed by atoms with Gasteiger partial charge in [0.2, 0.25) is 11.8 Å². The van der Waals surface area contributed by atoms with Gasteiger partial charge in [0, 0.05) is 10.2 Å². The van der Waals surface area contributed by atoms with Crippen molar-refractivity contribution in [1.29, 1.82) is 0 Å². The maximum atomic E-state index is 12.2. The number of carbonyl (C=O) groups is 2. The van der Waals surface area contributed by atoms with Crippen molar-refractivity contribution in [2.24, 2.45) is 17.3 Å². The molecule has 2 amide bonds. The molecule has 18 heavy (non-hydrogen) atoms. The van der Waals surface area contributed by atoms with Crippen LogP contribution in [-0.2, 0) is 9.59 Å². The topological polar surface area (TPSA) is 63.4 Å². The molecule has 1 aliphatic heterocycles. The van der Waals surface area contributed by atoms with Crippen LogP contribution in [0.15, 0.2) is 22.7 Å². The Morgan fingerprint density at radius 2 is 1.78 bits per heavy atom. The number of rotatable bonds is 1. The molecule has 0 radical (unpaired) electrons. The fourth-order valence-corrected chi connectivity index (χ4v) is 3.22. The lowest BCUT2D eigenvalue weighted by Gasteiger charge is -2.20. The molecule has 2 fully saturated rings. The SMILES string of the molecule is CC1(C)C2C(=O)N(c3ccc(N)c(Br)c3)C(=O)C21. The highest BCUT2D eigenvalue weighted by atomic mass is 79.9. The minimum Gasteiger partial charge on any atom is -0.398 e. The van der Waals surface area contributed by atoms with Crippen molar-refractivity contribution in [3.63, 3.8) is 0 Å². The van der Waals surface area contributed by atoms with Crippen molar-refractivity contribution in [2.75, 3.05) is 10.6 Å². The predicted octanol–water partition coefficient (Wildman–Crippen LogP) is 2.18. The van der Waals surface area contributed by atoms with Crippen LogP contribution in [0.5, 0.6) is 0 Å². The van der Waals surface area contributed by atoms with Crippen molar-refractivity contribution >= 4 is 39.1 Å². The van der Waals surface area contributed by atoms with Crippen LogP contribution in [0.4, 0.5) is 11.4 Å². The van der Waals surface area contributed by atoms with Gasteiger partial charge in [-0.05, 0) is 39.5 Å². The van der Waals surface area contributed by atoms with Gasteiger partial charge in [-0.2, -0.15) is 0 Å². The quantitative estimate of drug-likeness (QED) is 0.639. The lowest BCUT2D eigenvalue weighted by molar-refractivity contribution is -0.125. The highest BCUT2D eigenvalue weighted by Crippen LogP contribution is 2.63. The first kappa shape index (κ1) is 11.7. The molecule has 3 rings (SSSR count). The van der Waals surface area contributed by atoms with E-state index in [0.29, 0.717) is 15.8 Å². The first-order valence-corrected chi connectivity index (χ1v) is 6.58. The van der Waals surface area contributed by atoms with Crippen molar-refractivity contribution in [1.82, 2.24) is 0 Å². The van der Waals surface area contributed by atoms with Gasteiger partial charge in [0.25, 0.3) is 0 Å². The molecule has 2 atom stereocenters. The van der Waals surface area contributed by atoms with Crippen LogP contribution < -0.4 is 10.6 Å². The van der Waals surface area contributed by atoms with Crippen LogP contribution >= 0.6 is 15.9 Å². The normalized spacial score (nSPS) is 28.5. The minimum atomic E-state index is -0.171. The third-order valence-electron chi connectivity index (χ3n) is 4.04. The molecule has 1 heterocycles. The average molecular weight is 309 g/mol. The van der Waals surface area contributed by atoms with E-state index in [1.54, 1.807) is 18.2 Å². The maximum absolute atomic E-state index is 12.2. The summed E-state index contributed by atoms with van der Waals surface area (Å²) in [6, 6.07) is 5.10. The van der Waals surface area contributed by atoms with Gasteiger partial charge in [-0.15, -0.1) is 0 Å². The van der Waals surface area contributed by atoms with Crippen LogP contribution in [0.3, 0.4) is 0 Å². The average Bonchev–Trinajstić information content (AvgIpc) is 2.74. The number of fused-ring (bicyclic) bond motifs is 1. The summed E-state index contributed by atoms with van der Waals surface area (Å²) in [5, 5.41) is 0. The molecule has 1 saturated carbocycles. The predicted molar refractivity (Wildman–Crippen MR) is 71.8 cm³/mol. The molecule has 5 heteroatoms. The zero-order chi connectivity index (χ0) is 13.2. The summed E-state index contributed by atoms with van der Waals surface area (Å²) in [5.74, 6) is -0.485. The lowest BCUT2D eigenvalue weighted by atomic mass is 10.1. The van der Waals surface area contributed by atoms with Gasteiger partial charge in [-0.1, -0.05) is 13.8 Å². The molecule has 1 aromatic carbocycles. The number of nitrogens with zero attached hydrogens (tertiary/aromatic N) is 1. The molecular weight excluding hydrogens is 296 g/mol. The van der Waals surface area contributed by atoms with E-state index in [9.17, 15) is 9.59 Å². The van der Waals surface area contributed by atoms with Crippen molar-refractivity contribution in [2.45, 2.75) is 13.8 Å². The molecule has 1 aromatic rings. The van der Waals surface area contributed by atoms with E-state index in [2.05, 4.69) is 15.9 Å². The van der Waals surface area contributed by atoms with E-state index in [-0.39, 0.29) is 29.1 Å². The largest absolute Gasteiger partial charge is 0.398 e. The second kappa shape index (κ2) is 3.35. The Morgan fingerprint density at radius 1 is 1.22 bits per heavy atom. The number of amides is 2. The molecule has 4 nitrogen and oxygen atoms in total. The van der Waals surface area contributed by atoms with Crippen molar-refractivity contribution < 1.29 is 9.59 Å². The van der Waals surface area contributed by atoms with Gasteiger partial charge in [0.1, 0.15) is 0 Å². The first-order valence-electron chi connectivity index (χ1n) is 5.78. The van der Waals surface area contributed by atoms with Crippen LogP contribution in [0.1, 0.15) is 13.8 Å². The zero-order valence-corrected chi connectivity index (χ0v) is 11.7. The first-order chi connectivity index (χ1) is 8.35. The monoisotopic (exact) mass is 308 g/mol. The van der Waals surface area contributed by atoms with E-state index < -0.39 is 0 Å². The second-order valence-corrected chi connectivity index (χ2v) is 6.35. The van der Waals surface area contributed by atoms with Gasteiger partial charge in [0.05, 0.1) is 17.5 Å². The number of imide groups is 1. The highest BCUT2D eigenvalue weighted by molar-refractivity contribution is 9.10. The summed E-state index contributed by atoms with van der Waals surface area (Å²) in [4.78, 5) is 25.7. The maximum Gasteiger partial charge on any atom is 0.238 e. The molecular formula is C13H13BrN2O2.